The van der Waals surface area contributed by atoms with E-state index in [1.165, 1.54) is 29.9 Å². The maximum absolute atomic E-state index is 3.59. The quantitative estimate of drug-likeness (QED) is 0.895. The summed E-state index contributed by atoms with van der Waals surface area (Å²) in [7, 11) is 0. The number of likely N-dealkylation sites (tertiary alicyclic amines) is 1. The summed E-state index contributed by atoms with van der Waals surface area (Å²) in [6.45, 7) is 4.60. The summed E-state index contributed by atoms with van der Waals surface area (Å²) in [5, 5.41) is 3.59. The lowest BCUT2D eigenvalue weighted by Crippen LogP contribution is -2.26. The van der Waals surface area contributed by atoms with Crippen molar-refractivity contribution >= 4 is 5.69 Å². The second-order valence-electron chi connectivity index (χ2n) is 6.01. The Hall–Kier alpha value is -1.80. The third-order valence-electron chi connectivity index (χ3n) is 4.68. The Morgan fingerprint density at radius 3 is 2.65 bits per heavy atom. The molecule has 102 valence electrons. The van der Waals surface area contributed by atoms with Crippen molar-refractivity contribution in [3.05, 3.63) is 65.7 Å². The summed E-state index contributed by atoms with van der Waals surface area (Å²) in [4.78, 5) is 2.61. The van der Waals surface area contributed by atoms with Crippen LogP contribution in [0.5, 0.6) is 0 Å². The van der Waals surface area contributed by atoms with Crippen LogP contribution in [0.3, 0.4) is 0 Å². The van der Waals surface area contributed by atoms with E-state index in [4.69, 9.17) is 0 Å². The molecule has 4 rings (SSSR count). The molecule has 1 fully saturated rings. The van der Waals surface area contributed by atoms with Gasteiger partial charge in [0.2, 0.25) is 0 Å². The number of benzene rings is 2. The number of para-hydroxylation sites is 1. The molecule has 0 aliphatic carbocycles. The molecule has 0 radical (unpaired) electrons. The largest absolute Gasteiger partial charge is 0.384 e. The van der Waals surface area contributed by atoms with Gasteiger partial charge in [0.25, 0.3) is 0 Å². The number of hydrogen-bond donors (Lipinski definition) is 1. The zero-order valence-electron chi connectivity index (χ0n) is 11.6. The van der Waals surface area contributed by atoms with Crippen molar-refractivity contribution in [3.8, 4) is 0 Å². The fourth-order valence-corrected chi connectivity index (χ4v) is 3.71. The molecule has 20 heavy (non-hydrogen) atoms. The van der Waals surface area contributed by atoms with Crippen LogP contribution in [0.4, 0.5) is 5.69 Å². The van der Waals surface area contributed by atoms with Gasteiger partial charge in [-0.3, -0.25) is 4.90 Å². The highest BCUT2D eigenvalue weighted by Gasteiger charge is 2.37. The molecule has 1 saturated heterocycles. The van der Waals surface area contributed by atoms with E-state index in [-0.39, 0.29) is 0 Å². The summed E-state index contributed by atoms with van der Waals surface area (Å²) in [5.74, 6) is 1.46. The second-order valence-corrected chi connectivity index (χ2v) is 6.01. The van der Waals surface area contributed by atoms with Gasteiger partial charge in [-0.2, -0.15) is 0 Å². The van der Waals surface area contributed by atoms with Crippen molar-refractivity contribution in [1.29, 1.82) is 0 Å². The van der Waals surface area contributed by atoms with Crippen LogP contribution in [0.1, 0.15) is 17.0 Å². The average Bonchev–Trinajstić information content (AvgIpc) is 2.91. The molecule has 2 heterocycles. The van der Waals surface area contributed by atoms with Gasteiger partial charge < -0.3 is 5.32 Å². The first-order chi connectivity index (χ1) is 9.90. The first kappa shape index (κ1) is 12.0. The molecule has 2 atom stereocenters. The normalized spacial score (nSPS) is 24.8. The van der Waals surface area contributed by atoms with Crippen LogP contribution in [0, 0.1) is 5.92 Å². The first-order valence-electron chi connectivity index (χ1n) is 7.49. The molecule has 0 aromatic heterocycles. The molecule has 2 aromatic carbocycles. The maximum atomic E-state index is 3.59. The van der Waals surface area contributed by atoms with Crippen LogP contribution in [0.2, 0.25) is 0 Å². The Labute approximate surface area is 120 Å². The topological polar surface area (TPSA) is 15.3 Å². The molecule has 0 unspecified atom stereocenters. The molecular formula is C18H20N2. The summed E-state index contributed by atoms with van der Waals surface area (Å²) < 4.78 is 0. The molecule has 2 aliphatic heterocycles. The van der Waals surface area contributed by atoms with Crippen LogP contribution in [0.25, 0.3) is 0 Å². The molecule has 0 spiro atoms. The van der Waals surface area contributed by atoms with Gasteiger partial charge in [0.1, 0.15) is 0 Å². The molecular weight excluding hydrogens is 244 g/mol. The average molecular weight is 264 g/mol. The van der Waals surface area contributed by atoms with Crippen LogP contribution in [-0.4, -0.2) is 24.5 Å². The minimum atomic E-state index is 0.705. The fraction of sp³-hybridized carbons (Fsp3) is 0.333. The van der Waals surface area contributed by atoms with Gasteiger partial charge in [-0.25, -0.2) is 0 Å². The van der Waals surface area contributed by atoms with Gasteiger partial charge >= 0.3 is 0 Å². The Morgan fingerprint density at radius 2 is 1.75 bits per heavy atom. The van der Waals surface area contributed by atoms with Gasteiger partial charge in [-0.05, 0) is 23.1 Å². The van der Waals surface area contributed by atoms with Gasteiger partial charge in [-0.1, -0.05) is 48.5 Å². The van der Waals surface area contributed by atoms with E-state index in [9.17, 15) is 0 Å². The monoisotopic (exact) mass is 264 g/mol. The van der Waals surface area contributed by atoms with Crippen molar-refractivity contribution in [2.45, 2.75) is 12.5 Å². The van der Waals surface area contributed by atoms with E-state index in [0.717, 1.165) is 19.0 Å². The van der Waals surface area contributed by atoms with E-state index < -0.39 is 0 Å². The standard InChI is InChI=1S/C18H20N2/c1-2-6-14(7-3-1)11-20-12-15-10-19-18-9-5-4-8-16(18)17(15)13-20/h1-9,15,17,19H,10-13H2/t15-,17+/m1/s1. The fourth-order valence-electron chi connectivity index (χ4n) is 3.71. The highest BCUT2D eigenvalue weighted by molar-refractivity contribution is 5.55. The van der Waals surface area contributed by atoms with E-state index in [2.05, 4.69) is 64.8 Å². The molecule has 0 amide bonds. The Morgan fingerprint density at radius 1 is 0.950 bits per heavy atom. The first-order valence-corrected chi connectivity index (χ1v) is 7.49. The third-order valence-corrected chi connectivity index (χ3v) is 4.68. The molecule has 0 bridgehead atoms. The van der Waals surface area contributed by atoms with Crippen molar-refractivity contribution < 1.29 is 0 Å². The smallest absolute Gasteiger partial charge is 0.0376 e. The number of nitrogens with zero attached hydrogens (tertiary/aromatic N) is 1. The molecule has 2 aliphatic rings. The predicted molar refractivity (Wildman–Crippen MR) is 82.9 cm³/mol. The number of rotatable bonds is 2. The lowest BCUT2D eigenvalue weighted by atomic mass is 9.85. The van der Waals surface area contributed by atoms with Gasteiger partial charge in [0.05, 0.1) is 0 Å². The number of hydrogen-bond acceptors (Lipinski definition) is 2. The number of nitrogens with one attached hydrogen (secondary N) is 1. The van der Waals surface area contributed by atoms with Gasteiger partial charge in [0, 0.05) is 37.8 Å². The van der Waals surface area contributed by atoms with Crippen LogP contribution < -0.4 is 5.32 Å². The Bertz CT molecular complexity index is 593. The lowest BCUT2D eigenvalue weighted by Gasteiger charge is -2.28. The van der Waals surface area contributed by atoms with Crippen molar-refractivity contribution in [3.63, 3.8) is 0 Å². The van der Waals surface area contributed by atoms with Gasteiger partial charge in [-0.15, -0.1) is 0 Å². The highest BCUT2D eigenvalue weighted by atomic mass is 15.2. The van der Waals surface area contributed by atoms with Crippen molar-refractivity contribution in [1.82, 2.24) is 4.90 Å². The van der Waals surface area contributed by atoms with Crippen LogP contribution >= 0.6 is 0 Å². The Balaban J connectivity index is 1.53. The van der Waals surface area contributed by atoms with Crippen LogP contribution in [0.15, 0.2) is 54.6 Å². The van der Waals surface area contributed by atoms with E-state index in [1.807, 2.05) is 0 Å². The number of fused-ring (bicyclic) bond motifs is 3. The van der Waals surface area contributed by atoms with E-state index in [1.54, 1.807) is 0 Å². The van der Waals surface area contributed by atoms with Gasteiger partial charge in [0.15, 0.2) is 0 Å². The minimum absolute atomic E-state index is 0.705. The molecule has 1 N–H and O–H groups in total. The molecule has 2 aromatic rings. The van der Waals surface area contributed by atoms with Crippen molar-refractivity contribution in [2.75, 3.05) is 25.0 Å². The maximum Gasteiger partial charge on any atom is 0.0376 e. The number of anilines is 1. The zero-order valence-corrected chi connectivity index (χ0v) is 11.6. The summed E-state index contributed by atoms with van der Waals surface area (Å²) in [6, 6.07) is 19.6. The zero-order chi connectivity index (χ0) is 13.4. The van der Waals surface area contributed by atoms with Crippen LogP contribution in [-0.2, 0) is 6.54 Å². The summed E-state index contributed by atoms with van der Waals surface area (Å²) >= 11 is 0. The highest BCUT2D eigenvalue weighted by Crippen LogP contribution is 2.40. The third kappa shape index (κ3) is 2.10. The second kappa shape index (κ2) is 4.95. The van der Waals surface area contributed by atoms with E-state index >= 15 is 0 Å². The van der Waals surface area contributed by atoms with Crippen molar-refractivity contribution in [2.24, 2.45) is 5.92 Å². The van der Waals surface area contributed by atoms with E-state index in [0.29, 0.717) is 5.92 Å². The molecule has 0 saturated carbocycles. The minimum Gasteiger partial charge on any atom is -0.384 e. The Kier molecular flexibility index (Phi) is 2.96. The summed E-state index contributed by atoms with van der Waals surface area (Å²) in [5.41, 5.74) is 4.28. The predicted octanol–water partition coefficient (Wildman–Crippen LogP) is 3.33. The molecule has 2 heteroatoms. The SMILES string of the molecule is c1ccc(CN2C[C@H]3CNc4ccccc4[C@H]3C2)cc1. The summed E-state index contributed by atoms with van der Waals surface area (Å²) in [6.07, 6.45) is 0. The molecule has 2 nitrogen and oxygen atoms in total. The lowest BCUT2D eigenvalue weighted by molar-refractivity contribution is 0.318.